The van der Waals surface area contributed by atoms with E-state index in [0.29, 0.717) is 0 Å². The lowest BCUT2D eigenvalue weighted by Gasteiger charge is -2.00. The fourth-order valence-corrected chi connectivity index (χ4v) is 0.249. The van der Waals surface area contributed by atoms with Gasteiger partial charge in [0.1, 0.15) is 0 Å². The summed E-state index contributed by atoms with van der Waals surface area (Å²) < 4.78 is 4.28. The van der Waals surface area contributed by atoms with Crippen molar-refractivity contribution >= 4 is 5.97 Å². The standard InChI is InChI=1S/C4H8NO2/c1-3(5)7-4(2)6/h3,5H,1-2H3. The minimum Gasteiger partial charge on any atom is -0.446 e. The fraction of sp³-hybridized carbons (Fsp3) is 0.750. The van der Waals surface area contributed by atoms with Crippen LogP contribution in [0.25, 0.3) is 0 Å². The van der Waals surface area contributed by atoms with Crippen LogP contribution in [-0.4, -0.2) is 12.2 Å². The highest BCUT2D eigenvalue weighted by molar-refractivity contribution is 5.66. The van der Waals surface area contributed by atoms with Crippen LogP contribution in [0.3, 0.4) is 0 Å². The first-order chi connectivity index (χ1) is 3.13. The molecule has 0 aliphatic rings. The third kappa shape index (κ3) is 5.43. The van der Waals surface area contributed by atoms with Crippen molar-refractivity contribution in [2.45, 2.75) is 20.1 Å². The van der Waals surface area contributed by atoms with Crippen LogP contribution in [-0.2, 0) is 9.53 Å². The summed E-state index contributed by atoms with van der Waals surface area (Å²) in [6, 6.07) is 0. The van der Waals surface area contributed by atoms with Crippen molar-refractivity contribution in [1.82, 2.24) is 5.73 Å². The summed E-state index contributed by atoms with van der Waals surface area (Å²) in [5, 5.41) is 0. The van der Waals surface area contributed by atoms with E-state index in [4.69, 9.17) is 5.73 Å². The van der Waals surface area contributed by atoms with Crippen molar-refractivity contribution in [1.29, 1.82) is 0 Å². The smallest absolute Gasteiger partial charge is 0.304 e. The maximum Gasteiger partial charge on any atom is 0.304 e. The summed E-state index contributed by atoms with van der Waals surface area (Å²) in [6.07, 6.45) is -0.725. The van der Waals surface area contributed by atoms with Gasteiger partial charge in [-0.3, -0.25) is 4.79 Å². The quantitative estimate of drug-likeness (QED) is 0.443. The van der Waals surface area contributed by atoms with Crippen LogP contribution in [0.15, 0.2) is 0 Å². The van der Waals surface area contributed by atoms with Crippen LogP contribution in [0.1, 0.15) is 13.8 Å². The minimum atomic E-state index is -0.725. The van der Waals surface area contributed by atoms with Crippen LogP contribution >= 0.6 is 0 Å². The largest absolute Gasteiger partial charge is 0.446 e. The number of carbonyl (C=O) groups excluding carboxylic acids is 1. The highest BCUT2D eigenvalue weighted by Gasteiger charge is 1.94. The Morgan fingerprint density at radius 2 is 2.29 bits per heavy atom. The predicted molar refractivity (Wildman–Crippen MR) is 24.3 cm³/mol. The van der Waals surface area contributed by atoms with Gasteiger partial charge < -0.3 is 4.74 Å². The highest BCUT2D eigenvalue weighted by atomic mass is 16.5. The molecule has 0 aromatic heterocycles. The molecule has 0 aromatic carbocycles. The fourth-order valence-electron chi connectivity index (χ4n) is 0.249. The van der Waals surface area contributed by atoms with Crippen LogP contribution in [0.2, 0.25) is 0 Å². The van der Waals surface area contributed by atoms with E-state index in [1.807, 2.05) is 0 Å². The Bertz CT molecular complexity index is 70.1. The number of ether oxygens (including phenoxy) is 1. The normalized spacial score (nSPS) is 13.0. The summed E-state index contributed by atoms with van der Waals surface area (Å²) in [5.74, 6) is -0.400. The molecular formula is C4H8NO2. The van der Waals surface area contributed by atoms with Gasteiger partial charge in [0.25, 0.3) is 0 Å². The van der Waals surface area contributed by atoms with Crippen LogP contribution in [0, 0.1) is 0 Å². The molecule has 0 saturated heterocycles. The molecule has 0 aromatic rings. The van der Waals surface area contributed by atoms with E-state index in [1.54, 1.807) is 0 Å². The van der Waals surface area contributed by atoms with Crippen LogP contribution < -0.4 is 5.73 Å². The maximum absolute atomic E-state index is 9.91. The van der Waals surface area contributed by atoms with Crippen LogP contribution in [0.5, 0.6) is 0 Å². The molecule has 1 N–H and O–H groups in total. The molecule has 0 amide bonds. The molecule has 0 rings (SSSR count). The van der Waals surface area contributed by atoms with Gasteiger partial charge >= 0.3 is 5.97 Å². The summed E-state index contributed by atoms with van der Waals surface area (Å²) in [4.78, 5) is 9.91. The van der Waals surface area contributed by atoms with Gasteiger partial charge in [-0.25, -0.2) is 5.73 Å². The molecule has 3 nitrogen and oxygen atoms in total. The molecule has 1 unspecified atom stereocenters. The van der Waals surface area contributed by atoms with Gasteiger partial charge in [0.05, 0.1) is 0 Å². The molecule has 7 heavy (non-hydrogen) atoms. The van der Waals surface area contributed by atoms with Crippen molar-refractivity contribution in [2.24, 2.45) is 0 Å². The SMILES string of the molecule is CC(=O)OC(C)[NH]. The maximum atomic E-state index is 9.91. The molecular weight excluding hydrogens is 94.0 g/mol. The van der Waals surface area contributed by atoms with Crippen molar-refractivity contribution in [3.63, 3.8) is 0 Å². The molecule has 1 atom stereocenters. The second-order valence-electron chi connectivity index (χ2n) is 1.25. The molecule has 0 heterocycles. The second-order valence-corrected chi connectivity index (χ2v) is 1.25. The second kappa shape index (κ2) is 2.58. The van der Waals surface area contributed by atoms with Gasteiger partial charge in [0.2, 0.25) is 0 Å². The Kier molecular flexibility index (Phi) is 2.37. The summed E-state index contributed by atoms with van der Waals surface area (Å²) >= 11 is 0. The zero-order chi connectivity index (χ0) is 5.86. The van der Waals surface area contributed by atoms with E-state index in [2.05, 4.69) is 4.74 Å². The monoisotopic (exact) mass is 102 g/mol. The molecule has 0 saturated carbocycles. The Balaban J connectivity index is 3.13. The minimum absolute atomic E-state index is 0.400. The van der Waals surface area contributed by atoms with Gasteiger partial charge in [-0.15, -0.1) is 0 Å². The molecule has 0 aliphatic carbocycles. The number of nitrogens with one attached hydrogen (secondary N) is 1. The molecule has 0 spiro atoms. The average molecular weight is 102 g/mol. The zero-order valence-electron chi connectivity index (χ0n) is 4.39. The van der Waals surface area contributed by atoms with Crippen molar-refractivity contribution < 1.29 is 9.53 Å². The molecule has 0 fully saturated rings. The van der Waals surface area contributed by atoms with Gasteiger partial charge in [-0.1, -0.05) is 0 Å². The Hall–Kier alpha value is -0.570. The third-order valence-corrected chi connectivity index (χ3v) is 0.343. The van der Waals surface area contributed by atoms with Crippen molar-refractivity contribution in [2.75, 3.05) is 0 Å². The Morgan fingerprint density at radius 1 is 1.86 bits per heavy atom. The van der Waals surface area contributed by atoms with Gasteiger partial charge in [0, 0.05) is 6.92 Å². The van der Waals surface area contributed by atoms with E-state index < -0.39 is 12.2 Å². The lowest BCUT2D eigenvalue weighted by Crippen LogP contribution is -2.11. The molecule has 0 aliphatic heterocycles. The van der Waals surface area contributed by atoms with E-state index in [9.17, 15) is 4.79 Å². The lowest BCUT2D eigenvalue weighted by atomic mass is 10.7. The summed E-state index contributed by atoms with van der Waals surface area (Å²) in [7, 11) is 0. The topological polar surface area (TPSA) is 50.1 Å². The number of hydrogen-bond acceptors (Lipinski definition) is 2. The Labute approximate surface area is 42.4 Å². The summed E-state index contributed by atoms with van der Waals surface area (Å²) in [6.45, 7) is 2.77. The molecule has 0 bridgehead atoms. The average Bonchev–Trinajstić information content (AvgIpc) is 1.27. The molecule has 41 valence electrons. The summed E-state index contributed by atoms with van der Waals surface area (Å²) in [5.41, 5.74) is 6.66. The van der Waals surface area contributed by atoms with Crippen molar-refractivity contribution in [3.05, 3.63) is 0 Å². The van der Waals surface area contributed by atoms with Crippen LogP contribution in [0.4, 0.5) is 0 Å². The number of carbonyl (C=O) groups is 1. The third-order valence-electron chi connectivity index (χ3n) is 0.343. The molecule has 1 radical (unpaired) electrons. The Morgan fingerprint density at radius 3 is 2.29 bits per heavy atom. The van der Waals surface area contributed by atoms with Gasteiger partial charge in [0.15, 0.2) is 6.23 Å². The number of rotatable bonds is 1. The lowest BCUT2D eigenvalue weighted by molar-refractivity contribution is -0.145. The number of esters is 1. The zero-order valence-corrected chi connectivity index (χ0v) is 4.39. The highest BCUT2D eigenvalue weighted by Crippen LogP contribution is 1.80. The first-order valence-corrected chi connectivity index (χ1v) is 2.01. The number of hydrogen-bond donors (Lipinski definition) is 0. The van der Waals surface area contributed by atoms with E-state index in [-0.39, 0.29) is 0 Å². The van der Waals surface area contributed by atoms with Crippen molar-refractivity contribution in [3.8, 4) is 0 Å². The van der Waals surface area contributed by atoms with E-state index in [0.717, 1.165) is 0 Å². The van der Waals surface area contributed by atoms with E-state index >= 15 is 0 Å². The predicted octanol–water partition coefficient (Wildman–Crippen LogP) is 0.178. The first kappa shape index (κ1) is 6.43. The van der Waals surface area contributed by atoms with E-state index in [1.165, 1.54) is 13.8 Å². The van der Waals surface area contributed by atoms with Gasteiger partial charge in [-0.05, 0) is 6.92 Å². The first-order valence-electron chi connectivity index (χ1n) is 2.01. The molecule has 3 heteroatoms. The van der Waals surface area contributed by atoms with Gasteiger partial charge in [-0.2, -0.15) is 0 Å².